The van der Waals surface area contributed by atoms with Crippen molar-refractivity contribution >= 4 is 22.7 Å². The van der Waals surface area contributed by atoms with Gasteiger partial charge in [0.15, 0.2) is 0 Å². The summed E-state index contributed by atoms with van der Waals surface area (Å²) in [6.07, 6.45) is 1.09. The van der Waals surface area contributed by atoms with Gasteiger partial charge in [0.05, 0.1) is 11.2 Å². The minimum absolute atomic E-state index is 0.501. The summed E-state index contributed by atoms with van der Waals surface area (Å²) < 4.78 is 0. The highest BCUT2D eigenvalue weighted by molar-refractivity contribution is 7.08. The van der Waals surface area contributed by atoms with Crippen LogP contribution in [0.3, 0.4) is 0 Å². The second kappa shape index (κ2) is 5.39. The molecule has 0 amide bonds. The number of nitrogens with zero attached hydrogens (tertiary/aromatic N) is 1. The van der Waals surface area contributed by atoms with Crippen LogP contribution in [0.15, 0.2) is 27.7 Å². The molecular formula is C11H14N2S2. The van der Waals surface area contributed by atoms with Crippen LogP contribution in [0.25, 0.3) is 0 Å². The summed E-state index contributed by atoms with van der Waals surface area (Å²) in [4.78, 5) is 4.24. The zero-order valence-corrected chi connectivity index (χ0v) is 10.3. The summed E-state index contributed by atoms with van der Waals surface area (Å²) in [5.41, 5.74) is 4.43. The van der Waals surface area contributed by atoms with Crippen LogP contribution < -0.4 is 5.32 Å². The number of thiophene rings is 1. The molecule has 2 aromatic rings. The molecule has 0 aliphatic carbocycles. The summed E-state index contributed by atoms with van der Waals surface area (Å²) in [5.74, 6) is 0. The fraction of sp³-hybridized carbons (Fsp3) is 0.364. The Labute approximate surface area is 98.0 Å². The van der Waals surface area contributed by atoms with Crippen LogP contribution in [0, 0.1) is 0 Å². The first kappa shape index (κ1) is 10.8. The van der Waals surface area contributed by atoms with Crippen LogP contribution in [0.1, 0.15) is 18.2 Å². The van der Waals surface area contributed by atoms with E-state index in [1.54, 1.807) is 22.7 Å². The lowest BCUT2D eigenvalue weighted by Gasteiger charge is -2.11. The second-order valence-electron chi connectivity index (χ2n) is 3.60. The quantitative estimate of drug-likeness (QED) is 0.866. The Morgan fingerprint density at radius 1 is 1.40 bits per heavy atom. The summed E-state index contributed by atoms with van der Waals surface area (Å²) in [6.45, 7) is 3.08. The Kier molecular flexibility index (Phi) is 3.88. The minimum Gasteiger partial charge on any atom is -0.308 e. The van der Waals surface area contributed by atoms with Gasteiger partial charge in [0.1, 0.15) is 0 Å². The van der Waals surface area contributed by atoms with Gasteiger partial charge in [0.2, 0.25) is 0 Å². The molecule has 15 heavy (non-hydrogen) atoms. The van der Waals surface area contributed by atoms with E-state index in [0.29, 0.717) is 6.04 Å². The molecule has 0 radical (unpaired) electrons. The van der Waals surface area contributed by atoms with Gasteiger partial charge in [-0.3, -0.25) is 0 Å². The molecule has 80 valence electrons. The van der Waals surface area contributed by atoms with Crippen molar-refractivity contribution in [2.75, 3.05) is 0 Å². The highest BCUT2D eigenvalue weighted by atomic mass is 32.1. The smallest absolute Gasteiger partial charge is 0.0795 e. The van der Waals surface area contributed by atoms with Gasteiger partial charge in [-0.1, -0.05) is 0 Å². The fourth-order valence-electron chi connectivity index (χ4n) is 1.44. The highest BCUT2D eigenvalue weighted by Crippen LogP contribution is 2.09. The highest BCUT2D eigenvalue weighted by Gasteiger charge is 2.03. The maximum absolute atomic E-state index is 4.24. The predicted molar refractivity (Wildman–Crippen MR) is 66.4 cm³/mol. The van der Waals surface area contributed by atoms with Gasteiger partial charge in [0, 0.05) is 18.0 Å². The largest absolute Gasteiger partial charge is 0.308 e. The average Bonchev–Trinajstić information content (AvgIpc) is 2.86. The lowest BCUT2D eigenvalue weighted by molar-refractivity contribution is 0.541. The molecule has 1 atom stereocenters. The van der Waals surface area contributed by atoms with Crippen LogP contribution in [-0.2, 0) is 13.0 Å². The van der Waals surface area contributed by atoms with Gasteiger partial charge < -0.3 is 5.32 Å². The van der Waals surface area contributed by atoms with E-state index in [4.69, 9.17) is 0 Å². The summed E-state index contributed by atoms with van der Waals surface area (Å²) >= 11 is 3.41. The van der Waals surface area contributed by atoms with Crippen molar-refractivity contribution in [3.63, 3.8) is 0 Å². The molecule has 1 N–H and O–H groups in total. The number of aromatic nitrogens is 1. The van der Waals surface area contributed by atoms with Crippen molar-refractivity contribution in [2.45, 2.75) is 25.9 Å². The molecule has 2 heterocycles. The topological polar surface area (TPSA) is 24.9 Å². The molecule has 1 unspecified atom stereocenters. The Morgan fingerprint density at radius 3 is 3.00 bits per heavy atom. The van der Waals surface area contributed by atoms with Crippen molar-refractivity contribution in [2.24, 2.45) is 0 Å². The third kappa shape index (κ3) is 3.41. The fourth-order valence-corrected chi connectivity index (χ4v) is 2.68. The first-order valence-corrected chi connectivity index (χ1v) is 6.84. The minimum atomic E-state index is 0.501. The standard InChI is InChI=1S/C11H14N2S2/c1-9(4-10-2-3-14-6-10)12-5-11-7-15-8-13-11/h2-3,6-9,12H,4-5H2,1H3. The third-order valence-corrected chi connectivity index (χ3v) is 3.60. The van der Waals surface area contributed by atoms with Crippen molar-refractivity contribution in [3.8, 4) is 0 Å². The zero-order valence-electron chi connectivity index (χ0n) is 8.64. The maximum atomic E-state index is 4.24. The van der Waals surface area contributed by atoms with Crippen molar-refractivity contribution in [3.05, 3.63) is 39.0 Å². The first-order valence-electron chi connectivity index (χ1n) is 4.96. The number of thiazole rings is 1. The molecule has 2 aromatic heterocycles. The zero-order chi connectivity index (χ0) is 10.5. The normalized spacial score (nSPS) is 12.9. The van der Waals surface area contributed by atoms with E-state index in [2.05, 4.69) is 39.4 Å². The maximum Gasteiger partial charge on any atom is 0.0795 e. The third-order valence-electron chi connectivity index (χ3n) is 2.24. The number of nitrogens with one attached hydrogen (secondary N) is 1. The molecule has 0 aliphatic rings. The molecule has 0 spiro atoms. The van der Waals surface area contributed by atoms with Gasteiger partial charge in [0.25, 0.3) is 0 Å². The first-order chi connectivity index (χ1) is 7.34. The lowest BCUT2D eigenvalue weighted by Crippen LogP contribution is -2.27. The SMILES string of the molecule is CC(Cc1ccsc1)NCc1cscn1. The molecule has 2 rings (SSSR count). The molecule has 0 saturated heterocycles. The van der Waals surface area contributed by atoms with Crippen molar-refractivity contribution in [1.29, 1.82) is 0 Å². The lowest BCUT2D eigenvalue weighted by atomic mass is 10.1. The summed E-state index contributed by atoms with van der Waals surface area (Å²) in [5, 5.41) is 9.90. The van der Waals surface area contributed by atoms with Crippen molar-refractivity contribution < 1.29 is 0 Å². The predicted octanol–water partition coefficient (Wildman–Crippen LogP) is 2.93. The number of hydrogen-bond donors (Lipinski definition) is 1. The molecular weight excluding hydrogens is 224 g/mol. The van der Waals surface area contributed by atoms with E-state index in [0.717, 1.165) is 18.7 Å². The van der Waals surface area contributed by atoms with Gasteiger partial charge >= 0.3 is 0 Å². The molecule has 4 heteroatoms. The van der Waals surface area contributed by atoms with E-state index in [1.807, 2.05) is 5.51 Å². The van der Waals surface area contributed by atoms with Gasteiger partial charge in [-0.25, -0.2) is 4.98 Å². The van der Waals surface area contributed by atoms with E-state index in [1.165, 1.54) is 5.56 Å². The molecule has 0 aliphatic heterocycles. The van der Waals surface area contributed by atoms with E-state index in [-0.39, 0.29) is 0 Å². The Balaban J connectivity index is 1.76. The van der Waals surface area contributed by atoms with Gasteiger partial charge in [-0.15, -0.1) is 11.3 Å². The van der Waals surface area contributed by atoms with Crippen LogP contribution in [0.2, 0.25) is 0 Å². The van der Waals surface area contributed by atoms with Crippen LogP contribution in [0.4, 0.5) is 0 Å². The van der Waals surface area contributed by atoms with Crippen LogP contribution in [-0.4, -0.2) is 11.0 Å². The van der Waals surface area contributed by atoms with Gasteiger partial charge in [-0.05, 0) is 35.7 Å². The van der Waals surface area contributed by atoms with Crippen molar-refractivity contribution in [1.82, 2.24) is 10.3 Å². The van der Waals surface area contributed by atoms with Crippen LogP contribution >= 0.6 is 22.7 Å². The molecule has 0 bridgehead atoms. The Hall–Kier alpha value is -0.710. The monoisotopic (exact) mass is 238 g/mol. The summed E-state index contributed by atoms with van der Waals surface area (Å²) in [7, 11) is 0. The summed E-state index contributed by atoms with van der Waals surface area (Å²) in [6, 6.07) is 2.69. The molecule has 2 nitrogen and oxygen atoms in total. The molecule has 0 aromatic carbocycles. The average molecular weight is 238 g/mol. The number of rotatable bonds is 5. The van der Waals surface area contributed by atoms with E-state index < -0.39 is 0 Å². The number of hydrogen-bond acceptors (Lipinski definition) is 4. The Bertz CT molecular complexity index is 367. The second-order valence-corrected chi connectivity index (χ2v) is 5.10. The molecule has 0 fully saturated rings. The Morgan fingerprint density at radius 2 is 2.33 bits per heavy atom. The molecule has 0 saturated carbocycles. The van der Waals surface area contributed by atoms with Gasteiger partial charge in [-0.2, -0.15) is 11.3 Å². The van der Waals surface area contributed by atoms with E-state index in [9.17, 15) is 0 Å². The van der Waals surface area contributed by atoms with E-state index >= 15 is 0 Å². The van der Waals surface area contributed by atoms with Crippen LogP contribution in [0.5, 0.6) is 0 Å².